The lowest BCUT2D eigenvalue weighted by Crippen LogP contribution is -2.45. The van der Waals surface area contributed by atoms with Gasteiger partial charge in [-0.05, 0) is 51.5 Å². The van der Waals surface area contributed by atoms with E-state index in [1.165, 1.54) is 9.88 Å². The molecule has 0 saturated carbocycles. The second kappa shape index (κ2) is 6.11. The summed E-state index contributed by atoms with van der Waals surface area (Å²) >= 11 is 1.86. The summed E-state index contributed by atoms with van der Waals surface area (Å²) in [5.74, 6) is 0. The first-order chi connectivity index (χ1) is 11.5. The Bertz CT molecular complexity index is 684. The van der Waals surface area contributed by atoms with Crippen LogP contribution in [0.2, 0.25) is 0 Å². The zero-order valence-corrected chi connectivity index (χ0v) is 17.1. The number of carbonyl (C=O) groups is 1. The molecule has 138 valence electrons. The van der Waals surface area contributed by atoms with Crippen LogP contribution in [-0.2, 0) is 16.6 Å². The van der Waals surface area contributed by atoms with Gasteiger partial charge < -0.3 is 9.64 Å². The summed E-state index contributed by atoms with van der Waals surface area (Å²) in [7, 11) is 0. The third kappa shape index (κ3) is 4.08. The van der Waals surface area contributed by atoms with Crippen LogP contribution in [0.15, 0.2) is 6.08 Å². The topological polar surface area (TPSA) is 42.4 Å². The van der Waals surface area contributed by atoms with Gasteiger partial charge in [0.25, 0.3) is 0 Å². The van der Waals surface area contributed by atoms with E-state index in [-0.39, 0.29) is 16.9 Å². The summed E-state index contributed by atoms with van der Waals surface area (Å²) in [6.45, 7) is 13.9. The number of hydrogen-bond donors (Lipinski definition) is 0. The summed E-state index contributed by atoms with van der Waals surface area (Å²) < 4.78 is 5.51. The average molecular weight is 363 g/mol. The fourth-order valence-electron chi connectivity index (χ4n) is 3.38. The van der Waals surface area contributed by atoms with Gasteiger partial charge >= 0.3 is 6.09 Å². The van der Waals surface area contributed by atoms with Crippen molar-refractivity contribution >= 4 is 23.5 Å². The molecule has 0 radical (unpaired) electrons. The van der Waals surface area contributed by atoms with Gasteiger partial charge in [-0.25, -0.2) is 9.78 Å². The van der Waals surface area contributed by atoms with E-state index in [0.29, 0.717) is 0 Å². The van der Waals surface area contributed by atoms with Crippen LogP contribution in [0.4, 0.5) is 4.79 Å². The van der Waals surface area contributed by atoms with Crippen molar-refractivity contribution < 1.29 is 9.53 Å². The lowest BCUT2D eigenvalue weighted by atomic mass is 9.73. The molecule has 1 aromatic heterocycles. The maximum Gasteiger partial charge on any atom is 0.410 e. The number of hydrogen-bond acceptors (Lipinski definition) is 4. The standard InChI is InChI=1S/C20H30N2O2S/c1-18(2,3)16-21-14-7-8-20(13-15(14)25-16)9-11-22(12-10-20)17(23)24-19(4,5)6/h7-8H,9-13H2,1-6H3. The van der Waals surface area contributed by atoms with Gasteiger partial charge in [-0.3, -0.25) is 0 Å². The van der Waals surface area contributed by atoms with Gasteiger partial charge in [0.2, 0.25) is 0 Å². The molecule has 4 nitrogen and oxygen atoms in total. The second-order valence-corrected chi connectivity index (χ2v) is 10.5. The number of nitrogens with zero attached hydrogens (tertiary/aromatic N) is 2. The van der Waals surface area contributed by atoms with Crippen LogP contribution >= 0.6 is 11.3 Å². The maximum absolute atomic E-state index is 12.3. The molecule has 0 N–H and O–H groups in total. The van der Waals surface area contributed by atoms with Crippen LogP contribution in [-0.4, -0.2) is 34.7 Å². The van der Waals surface area contributed by atoms with E-state index in [4.69, 9.17) is 9.72 Å². The summed E-state index contributed by atoms with van der Waals surface area (Å²) in [4.78, 5) is 20.4. The molecule has 25 heavy (non-hydrogen) atoms. The molecule has 2 heterocycles. The van der Waals surface area contributed by atoms with Gasteiger partial charge in [0.05, 0.1) is 10.7 Å². The van der Waals surface area contributed by atoms with E-state index in [2.05, 4.69) is 32.9 Å². The SMILES string of the molecule is CC(C)(C)OC(=O)N1CCC2(C=Cc3nc(C(C)(C)C)sc3C2)CC1. The number of fused-ring (bicyclic) bond motifs is 1. The molecule has 1 aromatic rings. The van der Waals surface area contributed by atoms with Crippen LogP contribution in [0.3, 0.4) is 0 Å². The zero-order chi connectivity index (χ0) is 18.5. The van der Waals surface area contributed by atoms with Gasteiger partial charge in [0.15, 0.2) is 0 Å². The number of thiazole rings is 1. The van der Waals surface area contributed by atoms with Gasteiger partial charge in [0.1, 0.15) is 5.60 Å². The smallest absolute Gasteiger partial charge is 0.410 e. The van der Waals surface area contributed by atoms with E-state index in [0.717, 1.165) is 38.0 Å². The van der Waals surface area contributed by atoms with Gasteiger partial charge in [-0.2, -0.15) is 0 Å². The molecule has 1 spiro atoms. The molecule has 3 rings (SSSR count). The Morgan fingerprint density at radius 2 is 1.84 bits per heavy atom. The number of aromatic nitrogens is 1. The van der Waals surface area contributed by atoms with Gasteiger partial charge in [0, 0.05) is 23.4 Å². The Morgan fingerprint density at radius 3 is 2.40 bits per heavy atom. The van der Waals surface area contributed by atoms with Crippen LogP contribution in [0, 0.1) is 5.41 Å². The molecule has 0 atom stereocenters. The predicted octanol–water partition coefficient (Wildman–Crippen LogP) is 5.03. The number of ether oxygens (including phenoxy) is 1. The molecule has 1 amide bonds. The van der Waals surface area contributed by atoms with E-state index in [9.17, 15) is 4.79 Å². The summed E-state index contributed by atoms with van der Waals surface area (Å²) in [6, 6.07) is 0. The Morgan fingerprint density at radius 1 is 1.20 bits per heavy atom. The van der Waals surface area contributed by atoms with Crippen LogP contribution in [0.1, 0.15) is 70.0 Å². The molecular weight excluding hydrogens is 332 g/mol. The molecular formula is C20H30N2O2S. The molecule has 1 aliphatic carbocycles. The summed E-state index contributed by atoms with van der Waals surface area (Å²) in [5.41, 5.74) is 0.990. The Hall–Kier alpha value is -1.36. The quantitative estimate of drug-likeness (QED) is 0.650. The largest absolute Gasteiger partial charge is 0.444 e. The van der Waals surface area contributed by atoms with E-state index in [1.54, 1.807) is 0 Å². The highest BCUT2D eigenvalue weighted by molar-refractivity contribution is 7.12. The minimum atomic E-state index is -0.433. The molecule has 5 heteroatoms. The Kier molecular flexibility index (Phi) is 4.51. The lowest BCUT2D eigenvalue weighted by Gasteiger charge is -2.41. The number of rotatable bonds is 0. The number of allylic oxidation sites excluding steroid dienone is 1. The third-order valence-electron chi connectivity index (χ3n) is 4.89. The van der Waals surface area contributed by atoms with Crippen molar-refractivity contribution in [2.75, 3.05) is 13.1 Å². The number of piperidine rings is 1. The summed E-state index contributed by atoms with van der Waals surface area (Å²) in [6.07, 6.45) is 7.39. The van der Waals surface area contributed by atoms with Crippen LogP contribution < -0.4 is 0 Å². The number of carbonyl (C=O) groups excluding carboxylic acids is 1. The van der Waals surface area contributed by atoms with Crippen LogP contribution in [0.5, 0.6) is 0 Å². The van der Waals surface area contributed by atoms with E-state index in [1.807, 2.05) is 37.0 Å². The van der Waals surface area contributed by atoms with E-state index < -0.39 is 5.60 Å². The highest BCUT2D eigenvalue weighted by Crippen LogP contribution is 2.44. The van der Waals surface area contributed by atoms with Crippen molar-refractivity contribution in [3.05, 3.63) is 21.7 Å². The van der Waals surface area contributed by atoms with Crippen molar-refractivity contribution in [3.8, 4) is 0 Å². The second-order valence-electron chi connectivity index (χ2n) is 9.42. The molecule has 0 unspecified atom stereocenters. The van der Waals surface area contributed by atoms with Crippen molar-refractivity contribution in [3.63, 3.8) is 0 Å². The van der Waals surface area contributed by atoms with Crippen molar-refractivity contribution in [1.29, 1.82) is 0 Å². The Balaban J connectivity index is 1.67. The minimum Gasteiger partial charge on any atom is -0.444 e. The molecule has 1 saturated heterocycles. The fraction of sp³-hybridized carbons (Fsp3) is 0.700. The van der Waals surface area contributed by atoms with Gasteiger partial charge in [-0.15, -0.1) is 11.3 Å². The van der Waals surface area contributed by atoms with Crippen LogP contribution in [0.25, 0.3) is 6.08 Å². The number of likely N-dealkylation sites (tertiary alicyclic amines) is 1. The zero-order valence-electron chi connectivity index (χ0n) is 16.3. The first-order valence-corrected chi connectivity index (χ1v) is 9.97. The molecule has 2 aliphatic rings. The first-order valence-electron chi connectivity index (χ1n) is 9.15. The monoisotopic (exact) mass is 362 g/mol. The third-order valence-corrected chi connectivity index (χ3v) is 6.38. The average Bonchev–Trinajstić information content (AvgIpc) is 2.89. The van der Waals surface area contributed by atoms with Crippen molar-refractivity contribution in [2.45, 2.75) is 71.8 Å². The molecule has 0 bridgehead atoms. The van der Waals surface area contributed by atoms with Crippen molar-refractivity contribution in [2.24, 2.45) is 5.41 Å². The fourth-order valence-corrected chi connectivity index (χ4v) is 4.64. The Labute approximate surface area is 155 Å². The highest BCUT2D eigenvalue weighted by Gasteiger charge is 2.38. The van der Waals surface area contributed by atoms with Crippen molar-refractivity contribution in [1.82, 2.24) is 9.88 Å². The highest BCUT2D eigenvalue weighted by atomic mass is 32.1. The number of amides is 1. The summed E-state index contributed by atoms with van der Waals surface area (Å²) in [5, 5.41) is 1.21. The van der Waals surface area contributed by atoms with E-state index >= 15 is 0 Å². The lowest BCUT2D eigenvalue weighted by molar-refractivity contribution is 0.0143. The first kappa shape index (κ1) is 18.4. The predicted molar refractivity (Wildman–Crippen MR) is 103 cm³/mol. The molecule has 0 aromatic carbocycles. The normalized spacial score (nSPS) is 19.8. The molecule has 1 aliphatic heterocycles. The van der Waals surface area contributed by atoms with Gasteiger partial charge in [-0.1, -0.05) is 26.8 Å². The molecule has 1 fully saturated rings. The minimum absolute atomic E-state index is 0.100. The maximum atomic E-state index is 12.3.